The number of rotatable bonds is 9. The molecule has 0 bridgehead atoms. The van der Waals surface area contributed by atoms with Crippen LogP contribution in [0.1, 0.15) is 52.4 Å². The zero-order valence-electron chi connectivity index (χ0n) is 14.1. The molecule has 1 aromatic carbocycles. The zero-order valence-corrected chi connectivity index (χ0v) is 14.1. The van der Waals surface area contributed by atoms with Crippen LogP contribution in [0, 0.1) is 0 Å². The summed E-state index contributed by atoms with van der Waals surface area (Å²) in [6.07, 6.45) is 5.88. The molecule has 1 aliphatic heterocycles. The van der Waals surface area contributed by atoms with E-state index in [1.54, 1.807) is 6.07 Å². The van der Waals surface area contributed by atoms with E-state index >= 15 is 0 Å². The van der Waals surface area contributed by atoms with Crippen molar-refractivity contribution >= 4 is 5.91 Å². The summed E-state index contributed by atoms with van der Waals surface area (Å²) in [7, 11) is 0. The lowest BCUT2D eigenvalue weighted by Gasteiger charge is -2.21. The van der Waals surface area contributed by atoms with Gasteiger partial charge < -0.3 is 19.5 Å². The van der Waals surface area contributed by atoms with Gasteiger partial charge in [-0.15, -0.1) is 0 Å². The largest absolute Gasteiger partial charge is 0.486 e. The summed E-state index contributed by atoms with van der Waals surface area (Å²) in [6, 6.07) is 5.44. The van der Waals surface area contributed by atoms with Crippen LogP contribution in [0.2, 0.25) is 0 Å². The quantitative estimate of drug-likeness (QED) is 0.557. The number of fused-ring (bicyclic) bond motifs is 1. The van der Waals surface area contributed by atoms with Crippen LogP contribution in [-0.2, 0) is 4.79 Å². The van der Waals surface area contributed by atoms with Crippen molar-refractivity contribution in [2.24, 2.45) is 0 Å². The van der Waals surface area contributed by atoms with Crippen molar-refractivity contribution in [2.45, 2.75) is 58.6 Å². The molecule has 1 aliphatic rings. The summed E-state index contributed by atoms with van der Waals surface area (Å²) in [5, 5.41) is 2.87. The van der Waals surface area contributed by atoms with E-state index in [0.717, 1.165) is 18.6 Å². The number of benzene rings is 1. The van der Waals surface area contributed by atoms with Crippen LogP contribution in [0.5, 0.6) is 17.2 Å². The van der Waals surface area contributed by atoms with Gasteiger partial charge in [-0.3, -0.25) is 4.79 Å². The second-order valence-electron chi connectivity index (χ2n) is 5.80. The third-order valence-electron chi connectivity index (χ3n) is 3.70. The molecule has 0 saturated carbocycles. The van der Waals surface area contributed by atoms with Crippen LogP contribution in [-0.4, -0.2) is 25.3 Å². The molecule has 1 atom stereocenters. The first-order valence-electron chi connectivity index (χ1n) is 8.54. The van der Waals surface area contributed by atoms with Gasteiger partial charge in [-0.1, -0.05) is 32.6 Å². The zero-order chi connectivity index (χ0) is 16.5. The monoisotopic (exact) mass is 321 g/mol. The van der Waals surface area contributed by atoms with Crippen LogP contribution in [0.15, 0.2) is 18.2 Å². The predicted octanol–water partition coefficient (Wildman–Crippen LogP) is 3.66. The molecule has 0 saturated heterocycles. The smallest absolute Gasteiger partial charge is 0.222 e. The third kappa shape index (κ3) is 6.00. The number of nitrogens with one attached hydrogen (secondary N) is 1. The van der Waals surface area contributed by atoms with Crippen molar-refractivity contribution in [1.82, 2.24) is 5.32 Å². The van der Waals surface area contributed by atoms with Crippen LogP contribution in [0.25, 0.3) is 0 Å². The second kappa shape index (κ2) is 9.28. The van der Waals surface area contributed by atoms with Gasteiger partial charge in [-0.25, -0.2) is 0 Å². The van der Waals surface area contributed by atoms with Gasteiger partial charge in [0.25, 0.3) is 0 Å². The van der Waals surface area contributed by atoms with Crippen molar-refractivity contribution in [1.29, 1.82) is 0 Å². The predicted molar refractivity (Wildman–Crippen MR) is 89.0 cm³/mol. The summed E-state index contributed by atoms with van der Waals surface area (Å²) in [5.41, 5.74) is 0. The molecule has 1 unspecified atom stereocenters. The average Bonchev–Trinajstić information content (AvgIpc) is 2.54. The fourth-order valence-electron chi connectivity index (χ4n) is 2.52. The van der Waals surface area contributed by atoms with Crippen LogP contribution < -0.4 is 19.5 Å². The minimum Gasteiger partial charge on any atom is -0.486 e. The Morgan fingerprint density at radius 3 is 2.70 bits per heavy atom. The standard InChI is InChI=1S/C18H27NO4/c1-3-4-5-6-7-8-18(20)19-14(2)23-15-9-10-16-17(13-15)22-12-11-21-16/h9-10,13-14H,3-8,11-12H2,1-2H3,(H,19,20). The van der Waals surface area contributed by atoms with E-state index in [9.17, 15) is 4.79 Å². The first-order valence-corrected chi connectivity index (χ1v) is 8.54. The molecule has 1 aromatic rings. The first kappa shape index (κ1) is 17.4. The molecule has 128 valence electrons. The number of hydrogen-bond acceptors (Lipinski definition) is 4. The van der Waals surface area contributed by atoms with Crippen LogP contribution in [0.3, 0.4) is 0 Å². The van der Waals surface area contributed by atoms with Gasteiger partial charge in [-0.2, -0.15) is 0 Å². The Labute approximate surface area is 138 Å². The minimum absolute atomic E-state index is 0.0338. The maximum Gasteiger partial charge on any atom is 0.222 e. The Balaban J connectivity index is 1.71. The summed E-state index contributed by atoms with van der Waals surface area (Å²) >= 11 is 0. The second-order valence-corrected chi connectivity index (χ2v) is 5.80. The Bertz CT molecular complexity index is 504. The fourth-order valence-corrected chi connectivity index (χ4v) is 2.52. The molecule has 0 aliphatic carbocycles. The summed E-state index contributed by atoms with van der Waals surface area (Å²) < 4.78 is 16.7. The van der Waals surface area contributed by atoms with E-state index in [2.05, 4.69) is 12.2 Å². The molecule has 0 aromatic heterocycles. The molecule has 0 fully saturated rings. The summed E-state index contributed by atoms with van der Waals surface area (Å²) in [6.45, 7) is 5.12. The van der Waals surface area contributed by atoms with Crippen LogP contribution in [0.4, 0.5) is 0 Å². The average molecular weight is 321 g/mol. The number of unbranched alkanes of at least 4 members (excludes halogenated alkanes) is 4. The molecule has 5 nitrogen and oxygen atoms in total. The lowest BCUT2D eigenvalue weighted by molar-refractivity contribution is -0.123. The van der Waals surface area contributed by atoms with E-state index in [0.29, 0.717) is 31.1 Å². The Hall–Kier alpha value is -1.91. The normalized spacial score (nSPS) is 14.2. The summed E-state index contributed by atoms with van der Waals surface area (Å²) in [5.74, 6) is 2.10. The maximum absolute atomic E-state index is 11.9. The van der Waals surface area contributed by atoms with Gasteiger partial charge in [0.1, 0.15) is 19.0 Å². The lowest BCUT2D eigenvalue weighted by atomic mass is 10.1. The molecular formula is C18H27NO4. The topological polar surface area (TPSA) is 56.8 Å². The number of hydrogen-bond donors (Lipinski definition) is 1. The molecule has 1 amide bonds. The van der Waals surface area contributed by atoms with Crippen molar-refractivity contribution in [3.8, 4) is 17.2 Å². The Morgan fingerprint density at radius 2 is 1.91 bits per heavy atom. The van der Waals surface area contributed by atoms with E-state index < -0.39 is 0 Å². The fraction of sp³-hybridized carbons (Fsp3) is 0.611. The van der Waals surface area contributed by atoms with E-state index in [4.69, 9.17) is 14.2 Å². The highest BCUT2D eigenvalue weighted by molar-refractivity contribution is 5.76. The van der Waals surface area contributed by atoms with E-state index in [-0.39, 0.29) is 12.1 Å². The van der Waals surface area contributed by atoms with Crippen LogP contribution >= 0.6 is 0 Å². The SMILES string of the molecule is CCCCCCCC(=O)NC(C)Oc1ccc2c(c1)OCCO2. The number of ether oxygens (including phenoxy) is 3. The maximum atomic E-state index is 11.9. The number of carbonyl (C=O) groups excluding carboxylic acids is 1. The minimum atomic E-state index is -0.374. The molecule has 5 heteroatoms. The van der Waals surface area contributed by atoms with E-state index in [1.807, 2.05) is 19.1 Å². The molecule has 1 N–H and O–H groups in total. The summed E-state index contributed by atoms with van der Waals surface area (Å²) in [4.78, 5) is 11.9. The molecular weight excluding hydrogens is 294 g/mol. The first-order chi connectivity index (χ1) is 11.2. The van der Waals surface area contributed by atoms with E-state index in [1.165, 1.54) is 19.3 Å². The van der Waals surface area contributed by atoms with Gasteiger partial charge in [0.15, 0.2) is 17.7 Å². The Kier molecular flexibility index (Phi) is 7.04. The lowest BCUT2D eigenvalue weighted by Crippen LogP contribution is -2.36. The third-order valence-corrected chi connectivity index (χ3v) is 3.70. The highest BCUT2D eigenvalue weighted by Gasteiger charge is 2.14. The Morgan fingerprint density at radius 1 is 1.17 bits per heavy atom. The molecule has 0 spiro atoms. The van der Waals surface area contributed by atoms with Crippen molar-refractivity contribution in [3.63, 3.8) is 0 Å². The number of carbonyl (C=O) groups is 1. The van der Waals surface area contributed by atoms with Gasteiger partial charge in [-0.05, 0) is 25.5 Å². The highest BCUT2D eigenvalue weighted by Crippen LogP contribution is 2.33. The molecule has 23 heavy (non-hydrogen) atoms. The molecule has 2 rings (SSSR count). The van der Waals surface area contributed by atoms with Gasteiger partial charge in [0, 0.05) is 12.5 Å². The number of amides is 1. The van der Waals surface area contributed by atoms with Gasteiger partial charge in [0.05, 0.1) is 0 Å². The molecule has 1 heterocycles. The molecule has 0 radical (unpaired) electrons. The highest BCUT2D eigenvalue weighted by atomic mass is 16.6. The van der Waals surface area contributed by atoms with Crippen molar-refractivity contribution in [3.05, 3.63) is 18.2 Å². The van der Waals surface area contributed by atoms with Gasteiger partial charge >= 0.3 is 0 Å². The van der Waals surface area contributed by atoms with Crippen molar-refractivity contribution in [2.75, 3.05) is 13.2 Å². The van der Waals surface area contributed by atoms with Gasteiger partial charge in [0.2, 0.25) is 5.91 Å². The van der Waals surface area contributed by atoms with Crippen molar-refractivity contribution < 1.29 is 19.0 Å².